The quantitative estimate of drug-likeness (QED) is 0.363. The van der Waals surface area contributed by atoms with Crippen molar-refractivity contribution in [2.24, 2.45) is 11.8 Å². The first-order chi connectivity index (χ1) is 9.70. The number of rotatable bonds is 4. The number of carbonyl (C=O) groups excluding carboxylic acids is 2. The first-order valence-electron chi connectivity index (χ1n) is 6.51. The van der Waals surface area contributed by atoms with Gasteiger partial charge in [-0.2, -0.15) is 0 Å². The van der Waals surface area contributed by atoms with E-state index in [-0.39, 0.29) is 17.7 Å². The largest absolute Gasteiger partial charge is 0.342 e. The van der Waals surface area contributed by atoms with Crippen LogP contribution in [0, 0.1) is 5.92 Å². The average molecular weight is 294 g/mol. The van der Waals surface area contributed by atoms with E-state index in [0.29, 0.717) is 31.7 Å². The molecule has 6 nitrogen and oxygen atoms in total. The Morgan fingerprint density at radius 3 is 2.60 bits per heavy atom. The maximum Gasteiger partial charge on any atom is 0.237 e. The van der Waals surface area contributed by atoms with E-state index in [0.717, 1.165) is 4.90 Å². The zero-order chi connectivity index (χ0) is 14.4. The Balaban J connectivity index is 1.76. The third-order valence-electron chi connectivity index (χ3n) is 3.37. The summed E-state index contributed by atoms with van der Waals surface area (Å²) in [5, 5.41) is 0. The number of nitrogens with two attached hydrogens (primary N) is 1. The number of hydrogen-bond donors (Lipinski definition) is 2. The number of piperidine rings is 1. The molecule has 1 aromatic rings. The summed E-state index contributed by atoms with van der Waals surface area (Å²) in [6, 6.07) is 3.77. The van der Waals surface area contributed by atoms with Gasteiger partial charge in [-0.15, -0.1) is 11.8 Å². The number of hydrogen-bond acceptors (Lipinski definition) is 5. The lowest BCUT2D eigenvalue weighted by atomic mass is 9.96. The molecule has 1 fully saturated rings. The Morgan fingerprint density at radius 2 is 2.00 bits per heavy atom. The van der Waals surface area contributed by atoms with E-state index in [1.54, 1.807) is 12.4 Å². The Morgan fingerprint density at radius 1 is 1.35 bits per heavy atom. The number of pyridine rings is 1. The van der Waals surface area contributed by atoms with Gasteiger partial charge in [-0.25, -0.2) is 5.84 Å². The van der Waals surface area contributed by atoms with Gasteiger partial charge in [0.2, 0.25) is 11.8 Å². The van der Waals surface area contributed by atoms with Crippen molar-refractivity contribution in [3.63, 3.8) is 0 Å². The Hall–Kier alpha value is -1.60. The number of carbonyl (C=O) groups is 2. The van der Waals surface area contributed by atoms with Gasteiger partial charge in [0.05, 0.1) is 5.75 Å². The summed E-state index contributed by atoms with van der Waals surface area (Å²) in [6.45, 7) is 1.24. The third-order valence-corrected chi connectivity index (χ3v) is 4.37. The number of nitrogens with one attached hydrogen (secondary N) is 1. The molecule has 7 heteroatoms. The predicted octanol–water partition coefficient (Wildman–Crippen LogP) is 0.402. The molecule has 0 unspecified atom stereocenters. The van der Waals surface area contributed by atoms with E-state index in [1.165, 1.54) is 11.8 Å². The minimum Gasteiger partial charge on any atom is -0.342 e. The molecular formula is C13H18N4O2S. The van der Waals surface area contributed by atoms with E-state index in [9.17, 15) is 9.59 Å². The molecule has 0 aromatic carbocycles. The molecule has 0 aliphatic carbocycles. The molecule has 1 aliphatic rings. The second-order valence-electron chi connectivity index (χ2n) is 4.64. The maximum absolute atomic E-state index is 12.1. The molecule has 1 aliphatic heterocycles. The van der Waals surface area contributed by atoms with Crippen molar-refractivity contribution in [1.29, 1.82) is 0 Å². The summed E-state index contributed by atoms with van der Waals surface area (Å²) in [5.74, 6) is 5.44. The highest BCUT2D eigenvalue weighted by molar-refractivity contribution is 8.00. The fourth-order valence-electron chi connectivity index (χ4n) is 2.18. The molecule has 2 heterocycles. The molecule has 2 amide bonds. The summed E-state index contributed by atoms with van der Waals surface area (Å²) in [5.41, 5.74) is 2.17. The molecule has 0 atom stereocenters. The fourth-order valence-corrected chi connectivity index (χ4v) is 2.97. The number of aromatic nitrogens is 1. The molecule has 0 radical (unpaired) electrons. The van der Waals surface area contributed by atoms with Crippen LogP contribution in [-0.2, 0) is 9.59 Å². The number of hydrazine groups is 1. The number of likely N-dealkylation sites (tertiary alicyclic amines) is 1. The van der Waals surface area contributed by atoms with Crippen LogP contribution < -0.4 is 11.3 Å². The van der Waals surface area contributed by atoms with Crippen molar-refractivity contribution in [1.82, 2.24) is 15.3 Å². The number of nitrogens with zero attached hydrogens (tertiary/aromatic N) is 2. The molecule has 0 bridgehead atoms. The van der Waals surface area contributed by atoms with E-state index >= 15 is 0 Å². The molecule has 0 spiro atoms. The number of amides is 2. The van der Waals surface area contributed by atoms with E-state index in [4.69, 9.17) is 5.84 Å². The van der Waals surface area contributed by atoms with Gasteiger partial charge in [-0.3, -0.25) is 20.0 Å². The lowest BCUT2D eigenvalue weighted by Crippen LogP contribution is -2.45. The fraction of sp³-hybridized carbons (Fsp3) is 0.462. The first kappa shape index (κ1) is 14.8. The second-order valence-corrected chi connectivity index (χ2v) is 5.68. The average Bonchev–Trinajstić information content (AvgIpc) is 2.53. The highest BCUT2D eigenvalue weighted by Gasteiger charge is 2.26. The van der Waals surface area contributed by atoms with Crippen LogP contribution in [0.5, 0.6) is 0 Å². The summed E-state index contributed by atoms with van der Waals surface area (Å²) < 4.78 is 0. The van der Waals surface area contributed by atoms with Gasteiger partial charge in [0.25, 0.3) is 0 Å². The van der Waals surface area contributed by atoms with Crippen LogP contribution in [0.1, 0.15) is 12.8 Å². The third kappa shape index (κ3) is 3.94. The molecule has 2 rings (SSSR count). The van der Waals surface area contributed by atoms with Gasteiger partial charge in [0.15, 0.2) is 0 Å². The summed E-state index contributed by atoms with van der Waals surface area (Å²) in [4.78, 5) is 30.3. The zero-order valence-corrected chi connectivity index (χ0v) is 11.9. The SMILES string of the molecule is NNC(=O)C1CCN(C(=O)CSc2ccncc2)CC1. The lowest BCUT2D eigenvalue weighted by molar-refractivity contribution is -0.133. The van der Waals surface area contributed by atoms with Gasteiger partial charge >= 0.3 is 0 Å². The summed E-state index contributed by atoms with van der Waals surface area (Å²) >= 11 is 1.50. The van der Waals surface area contributed by atoms with Crippen molar-refractivity contribution < 1.29 is 9.59 Å². The summed E-state index contributed by atoms with van der Waals surface area (Å²) in [6.07, 6.45) is 4.77. The first-order valence-corrected chi connectivity index (χ1v) is 7.50. The van der Waals surface area contributed by atoms with Crippen LogP contribution in [0.4, 0.5) is 0 Å². The van der Waals surface area contributed by atoms with Gasteiger partial charge in [0.1, 0.15) is 0 Å². The van der Waals surface area contributed by atoms with Crippen LogP contribution in [0.3, 0.4) is 0 Å². The smallest absolute Gasteiger partial charge is 0.237 e. The lowest BCUT2D eigenvalue weighted by Gasteiger charge is -2.31. The highest BCUT2D eigenvalue weighted by Crippen LogP contribution is 2.20. The van der Waals surface area contributed by atoms with E-state index in [1.807, 2.05) is 17.0 Å². The number of thioether (sulfide) groups is 1. The van der Waals surface area contributed by atoms with Crippen molar-refractivity contribution in [3.8, 4) is 0 Å². The molecular weight excluding hydrogens is 276 g/mol. The van der Waals surface area contributed by atoms with Crippen molar-refractivity contribution in [2.75, 3.05) is 18.8 Å². The normalized spacial score (nSPS) is 15.9. The van der Waals surface area contributed by atoms with Crippen molar-refractivity contribution in [3.05, 3.63) is 24.5 Å². The summed E-state index contributed by atoms with van der Waals surface area (Å²) in [7, 11) is 0. The van der Waals surface area contributed by atoms with Crippen molar-refractivity contribution in [2.45, 2.75) is 17.7 Å². The monoisotopic (exact) mass is 294 g/mol. The van der Waals surface area contributed by atoms with Crippen LogP contribution in [0.25, 0.3) is 0 Å². The maximum atomic E-state index is 12.1. The topological polar surface area (TPSA) is 88.3 Å². The van der Waals surface area contributed by atoms with Crippen LogP contribution >= 0.6 is 11.8 Å². The standard InChI is InChI=1S/C13H18N4O2S/c14-16-13(19)10-3-7-17(8-4-10)12(18)9-20-11-1-5-15-6-2-11/h1-2,5-6,10H,3-4,7-9,14H2,(H,16,19). The molecule has 20 heavy (non-hydrogen) atoms. The zero-order valence-electron chi connectivity index (χ0n) is 11.1. The minimum absolute atomic E-state index is 0.0723. The van der Waals surface area contributed by atoms with Gasteiger partial charge in [-0.05, 0) is 25.0 Å². The molecule has 1 saturated heterocycles. The molecule has 108 valence electrons. The molecule has 1 aromatic heterocycles. The van der Waals surface area contributed by atoms with Gasteiger partial charge in [-0.1, -0.05) is 0 Å². The molecule has 3 N–H and O–H groups in total. The van der Waals surface area contributed by atoms with Crippen LogP contribution in [0.2, 0.25) is 0 Å². The van der Waals surface area contributed by atoms with Gasteiger partial charge in [0, 0.05) is 36.3 Å². The van der Waals surface area contributed by atoms with Crippen molar-refractivity contribution >= 4 is 23.6 Å². The second kappa shape index (κ2) is 7.25. The minimum atomic E-state index is -0.136. The van der Waals surface area contributed by atoms with E-state index < -0.39 is 0 Å². The Bertz CT molecular complexity index is 461. The Labute approximate surface area is 122 Å². The predicted molar refractivity (Wildman–Crippen MR) is 76.6 cm³/mol. The van der Waals surface area contributed by atoms with Gasteiger partial charge < -0.3 is 4.90 Å². The highest BCUT2D eigenvalue weighted by atomic mass is 32.2. The molecule has 0 saturated carbocycles. The van der Waals surface area contributed by atoms with Crippen LogP contribution in [0.15, 0.2) is 29.4 Å². The Kier molecular flexibility index (Phi) is 5.37. The van der Waals surface area contributed by atoms with E-state index in [2.05, 4.69) is 10.4 Å². The van der Waals surface area contributed by atoms with Crippen LogP contribution in [-0.4, -0.2) is 40.5 Å².